The number of nitrogens with one attached hydrogen (secondary N) is 2. The Labute approximate surface area is 166 Å². The predicted octanol–water partition coefficient (Wildman–Crippen LogP) is 4.41. The number of thioether (sulfide) groups is 1. The van der Waals surface area contributed by atoms with Crippen LogP contribution in [0, 0.1) is 5.82 Å². The fourth-order valence-electron chi connectivity index (χ4n) is 2.65. The fourth-order valence-corrected chi connectivity index (χ4v) is 3.67. The first-order valence-electron chi connectivity index (χ1n) is 8.88. The zero-order valence-corrected chi connectivity index (χ0v) is 16.6. The molecular weight excluding hydrogens is 379 g/mol. The Kier molecular flexibility index (Phi) is 6.20. The summed E-state index contributed by atoms with van der Waals surface area (Å²) in [7, 11) is 1.85. The van der Waals surface area contributed by atoms with Crippen molar-refractivity contribution in [2.75, 3.05) is 0 Å². The van der Waals surface area contributed by atoms with Crippen molar-refractivity contribution >= 4 is 17.7 Å². The molecule has 146 valence electrons. The van der Waals surface area contributed by atoms with Gasteiger partial charge in [-0.05, 0) is 30.3 Å². The lowest BCUT2D eigenvalue weighted by atomic mass is 10.2. The summed E-state index contributed by atoms with van der Waals surface area (Å²) in [5.41, 5.74) is 1.67. The highest BCUT2D eigenvalue weighted by atomic mass is 32.2. The van der Waals surface area contributed by atoms with Gasteiger partial charge in [-0.25, -0.2) is 4.39 Å². The Bertz CT molecular complexity index is 982. The topological polar surface area (TPSA) is 72.1 Å². The van der Waals surface area contributed by atoms with E-state index in [2.05, 4.69) is 15.7 Å². The third-order valence-corrected chi connectivity index (χ3v) is 5.01. The van der Waals surface area contributed by atoms with Crippen molar-refractivity contribution < 1.29 is 13.6 Å². The Morgan fingerprint density at radius 3 is 2.79 bits per heavy atom. The van der Waals surface area contributed by atoms with E-state index in [4.69, 9.17) is 4.42 Å². The average molecular weight is 400 g/mol. The van der Waals surface area contributed by atoms with E-state index < -0.39 is 11.7 Å². The molecule has 1 atom stereocenters. The van der Waals surface area contributed by atoms with Crippen LogP contribution in [0.25, 0.3) is 11.5 Å². The van der Waals surface area contributed by atoms with Crippen molar-refractivity contribution in [3.63, 3.8) is 0 Å². The molecule has 3 heterocycles. The molecule has 2 N–H and O–H groups in total. The quantitative estimate of drug-likeness (QED) is 0.679. The molecule has 1 amide bonds. The molecule has 1 aromatic carbocycles. The van der Waals surface area contributed by atoms with Crippen LogP contribution in [0.5, 0.6) is 0 Å². The molecule has 0 saturated carbocycles. The number of furan rings is 1. The maximum Gasteiger partial charge on any atom is 0.259 e. The first-order chi connectivity index (χ1) is 13.6. The standard InChI is InChI=1S/C18H15FN4O2S.C2H6/c1-23-14(9-13(22-23)15-7-4-8-25-15)18-20-10-16(26-18)21-17(24)11-5-2-3-6-12(11)19;1-2/h2-10,18,20H,1H3,(H,21,24);1-2H3. The molecule has 1 aliphatic heterocycles. The SMILES string of the molecule is CC.Cn1nc(-c2ccco2)cc1C1NC=C(NC(=O)c2ccccc2F)S1. The molecule has 0 radical (unpaired) electrons. The molecule has 0 saturated heterocycles. The molecule has 3 aromatic rings. The molecule has 0 spiro atoms. The normalized spacial score (nSPS) is 15.3. The maximum absolute atomic E-state index is 13.7. The third kappa shape index (κ3) is 4.12. The molecule has 8 heteroatoms. The predicted molar refractivity (Wildman–Crippen MR) is 108 cm³/mol. The van der Waals surface area contributed by atoms with Gasteiger partial charge in [-0.2, -0.15) is 5.10 Å². The van der Waals surface area contributed by atoms with Crippen LogP contribution in [0.2, 0.25) is 0 Å². The van der Waals surface area contributed by atoms with Gasteiger partial charge in [0.25, 0.3) is 5.91 Å². The van der Waals surface area contributed by atoms with Crippen LogP contribution < -0.4 is 10.6 Å². The summed E-state index contributed by atoms with van der Waals surface area (Å²) in [5, 5.41) is 10.9. The van der Waals surface area contributed by atoms with E-state index in [-0.39, 0.29) is 10.9 Å². The second-order valence-corrected chi connectivity index (χ2v) is 6.81. The van der Waals surface area contributed by atoms with E-state index in [9.17, 15) is 9.18 Å². The zero-order valence-electron chi connectivity index (χ0n) is 15.8. The smallest absolute Gasteiger partial charge is 0.259 e. The molecule has 4 rings (SSSR count). The minimum Gasteiger partial charge on any atom is -0.463 e. The third-order valence-electron chi connectivity index (χ3n) is 3.92. The van der Waals surface area contributed by atoms with Gasteiger partial charge in [-0.3, -0.25) is 9.48 Å². The lowest BCUT2D eigenvalue weighted by Gasteiger charge is -2.11. The fraction of sp³-hybridized carbons (Fsp3) is 0.200. The number of carbonyl (C=O) groups excluding carboxylic acids is 1. The largest absolute Gasteiger partial charge is 0.463 e. The van der Waals surface area contributed by atoms with Gasteiger partial charge in [0.05, 0.1) is 22.5 Å². The molecule has 6 nitrogen and oxygen atoms in total. The lowest BCUT2D eigenvalue weighted by molar-refractivity contribution is 0.0965. The van der Waals surface area contributed by atoms with Crippen LogP contribution >= 0.6 is 11.8 Å². The Hall–Kier alpha value is -3.00. The molecule has 1 unspecified atom stereocenters. The first-order valence-corrected chi connectivity index (χ1v) is 9.76. The lowest BCUT2D eigenvalue weighted by Crippen LogP contribution is -2.21. The van der Waals surface area contributed by atoms with E-state index in [1.54, 1.807) is 29.3 Å². The number of hydrogen-bond acceptors (Lipinski definition) is 5. The summed E-state index contributed by atoms with van der Waals surface area (Å²) >= 11 is 1.42. The Balaban J connectivity index is 0.00000109. The van der Waals surface area contributed by atoms with E-state index in [1.807, 2.05) is 39.1 Å². The summed E-state index contributed by atoms with van der Waals surface area (Å²) < 4.78 is 20.9. The number of aromatic nitrogens is 2. The van der Waals surface area contributed by atoms with Crippen LogP contribution in [-0.4, -0.2) is 15.7 Å². The molecule has 1 aliphatic rings. The monoisotopic (exact) mass is 400 g/mol. The van der Waals surface area contributed by atoms with Crippen LogP contribution in [0.3, 0.4) is 0 Å². The van der Waals surface area contributed by atoms with Crippen molar-refractivity contribution in [2.45, 2.75) is 19.2 Å². The van der Waals surface area contributed by atoms with Crippen molar-refractivity contribution in [2.24, 2.45) is 7.05 Å². The molecule has 0 bridgehead atoms. The molecule has 2 aromatic heterocycles. The van der Waals surface area contributed by atoms with Gasteiger partial charge in [-0.15, -0.1) is 0 Å². The summed E-state index contributed by atoms with van der Waals surface area (Å²) in [4.78, 5) is 12.2. The minimum atomic E-state index is -0.548. The van der Waals surface area contributed by atoms with Gasteiger partial charge in [0.15, 0.2) is 5.76 Å². The van der Waals surface area contributed by atoms with Crippen LogP contribution in [0.1, 0.15) is 35.3 Å². The highest BCUT2D eigenvalue weighted by Gasteiger charge is 2.25. The Morgan fingerprint density at radius 1 is 1.29 bits per heavy atom. The summed E-state index contributed by atoms with van der Waals surface area (Å²) in [6.07, 6.45) is 3.30. The van der Waals surface area contributed by atoms with E-state index in [0.717, 1.165) is 11.4 Å². The van der Waals surface area contributed by atoms with Gasteiger partial charge in [-0.1, -0.05) is 37.7 Å². The van der Waals surface area contributed by atoms with Crippen molar-refractivity contribution in [1.82, 2.24) is 20.4 Å². The summed E-state index contributed by atoms with van der Waals surface area (Å²) in [5.74, 6) is -0.339. The maximum atomic E-state index is 13.7. The number of amides is 1. The van der Waals surface area contributed by atoms with Gasteiger partial charge in [0.2, 0.25) is 0 Å². The van der Waals surface area contributed by atoms with Crippen LogP contribution in [0.4, 0.5) is 4.39 Å². The molecule has 0 fully saturated rings. The second-order valence-electron chi connectivity index (χ2n) is 5.66. The number of halogens is 1. The van der Waals surface area contributed by atoms with Crippen molar-refractivity contribution in [1.29, 1.82) is 0 Å². The van der Waals surface area contributed by atoms with E-state index in [1.165, 1.54) is 23.9 Å². The molecule has 28 heavy (non-hydrogen) atoms. The van der Waals surface area contributed by atoms with Crippen molar-refractivity contribution in [3.05, 3.63) is 77.0 Å². The van der Waals surface area contributed by atoms with Gasteiger partial charge in [0, 0.05) is 13.2 Å². The van der Waals surface area contributed by atoms with Crippen LogP contribution in [0.15, 0.2) is 64.4 Å². The number of carbonyl (C=O) groups is 1. The van der Waals surface area contributed by atoms with Gasteiger partial charge >= 0.3 is 0 Å². The molecular formula is C20H21FN4O2S. The van der Waals surface area contributed by atoms with Crippen molar-refractivity contribution in [3.8, 4) is 11.5 Å². The minimum absolute atomic E-state index is 0.0121. The number of nitrogens with zero attached hydrogens (tertiary/aromatic N) is 2. The highest BCUT2D eigenvalue weighted by Crippen LogP contribution is 2.37. The number of aryl methyl sites for hydroxylation is 1. The second kappa shape index (κ2) is 8.79. The van der Waals surface area contributed by atoms with Gasteiger partial charge in [0.1, 0.15) is 16.9 Å². The van der Waals surface area contributed by atoms with E-state index >= 15 is 0 Å². The van der Waals surface area contributed by atoms with Crippen LogP contribution in [-0.2, 0) is 7.05 Å². The van der Waals surface area contributed by atoms with Gasteiger partial charge < -0.3 is 15.1 Å². The number of rotatable bonds is 4. The number of benzene rings is 1. The number of hydrogen-bond donors (Lipinski definition) is 2. The molecule has 0 aliphatic carbocycles. The zero-order chi connectivity index (χ0) is 20.1. The average Bonchev–Trinajstić information content (AvgIpc) is 3.44. The highest BCUT2D eigenvalue weighted by molar-refractivity contribution is 8.03. The summed E-state index contributed by atoms with van der Waals surface area (Å²) in [6, 6.07) is 11.5. The first kappa shape index (κ1) is 19.8. The summed E-state index contributed by atoms with van der Waals surface area (Å²) in [6.45, 7) is 4.00. The Morgan fingerprint density at radius 2 is 2.07 bits per heavy atom. The van der Waals surface area contributed by atoms with E-state index in [0.29, 0.717) is 10.8 Å².